The van der Waals surface area contributed by atoms with Crippen molar-refractivity contribution in [3.8, 4) is 5.75 Å². The lowest BCUT2D eigenvalue weighted by atomic mass is 10.1. The maximum atomic E-state index is 15.1. The zero-order chi connectivity index (χ0) is 33.9. The van der Waals surface area contributed by atoms with Crippen LogP contribution in [0.2, 0.25) is 0 Å². The molecule has 2 amide bonds. The molecule has 2 aliphatic heterocycles. The second kappa shape index (κ2) is 14.2. The van der Waals surface area contributed by atoms with E-state index in [4.69, 9.17) is 21.7 Å². The number of nitrogens with one attached hydrogen (secondary N) is 2. The summed E-state index contributed by atoms with van der Waals surface area (Å²) in [6.45, 7) is 1.49. The molecule has 2 fully saturated rings. The van der Waals surface area contributed by atoms with E-state index in [0.717, 1.165) is 12.3 Å². The largest absolute Gasteiger partial charge is 0.484 e. The molecule has 250 valence electrons. The number of amides is 2. The highest BCUT2D eigenvalue weighted by atomic mass is 32.2. The molecule has 19 heteroatoms. The molecule has 1 aromatic heterocycles. The van der Waals surface area contributed by atoms with E-state index >= 15 is 4.39 Å². The number of piperazine rings is 1. The molecule has 4 N–H and O–H groups in total. The number of nitrogens with zero attached hydrogens (tertiary/aromatic N) is 3. The smallest absolute Gasteiger partial charge is 0.363 e. The second-order valence-corrected chi connectivity index (χ2v) is 13.3. The van der Waals surface area contributed by atoms with Gasteiger partial charge in [-0.2, -0.15) is 12.7 Å². The number of ether oxygens (including phenoxy) is 2. The molecular weight excluding hydrogens is 682 g/mol. The van der Waals surface area contributed by atoms with Gasteiger partial charge in [0, 0.05) is 37.8 Å². The van der Waals surface area contributed by atoms with Gasteiger partial charge in [0.05, 0.1) is 17.7 Å². The minimum Gasteiger partial charge on any atom is -0.484 e. The van der Waals surface area contributed by atoms with Crippen LogP contribution in [0, 0.1) is 5.82 Å². The zero-order valence-electron chi connectivity index (χ0n) is 24.3. The number of pyridine rings is 1. The van der Waals surface area contributed by atoms with Gasteiger partial charge in [-0.05, 0) is 48.2 Å². The van der Waals surface area contributed by atoms with Crippen LogP contribution < -0.4 is 25.7 Å². The Morgan fingerprint density at radius 2 is 1.85 bits per heavy atom. The minimum absolute atomic E-state index is 0.0764. The van der Waals surface area contributed by atoms with Crippen molar-refractivity contribution < 1.29 is 46.3 Å². The molecule has 0 radical (unpaired) electrons. The number of carboxylic acids is 1. The number of aromatic nitrogens is 1. The molecule has 5 rings (SSSR count). The Hall–Kier alpha value is -4.30. The summed E-state index contributed by atoms with van der Waals surface area (Å²) >= 11 is 5.79. The van der Waals surface area contributed by atoms with Gasteiger partial charge in [0.15, 0.2) is 6.61 Å². The Labute approximate surface area is 276 Å². The number of fused-ring (bicyclic) bond motifs is 1. The molecule has 2 unspecified atom stereocenters. The summed E-state index contributed by atoms with van der Waals surface area (Å²) in [7, 11) is -5.02. The molecule has 15 nitrogen and oxygen atoms in total. The van der Waals surface area contributed by atoms with E-state index in [9.17, 15) is 37.3 Å². The lowest BCUT2D eigenvalue weighted by molar-refractivity contribution is -0.142. The number of hydrogen-bond donors (Lipinski definition) is 4. The van der Waals surface area contributed by atoms with E-state index in [0.29, 0.717) is 43.7 Å². The maximum absolute atomic E-state index is 15.1. The Morgan fingerprint density at radius 1 is 1.15 bits per heavy atom. The molecule has 47 heavy (non-hydrogen) atoms. The van der Waals surface area contributed by atoms with Crippen molar-refractivity contribution in [1.82, 2.24) is 19.5 Å². The summed E-state index contributed by atoms with van der Waals surface area (Å²) in [5.74, 6) is -3.64. The molecule has 0 bridgehead atoms. The van der Waals surface area contributed by atoms with Crippen LogP contribution in [0.5, 0.6) is 5.75 Å². The monoisotopic (exact) mass is 709 g/mol. The summed E-state index contributed by atoms with van der Waals surface area (Å²) in [4.78, 5) is 51.5. The number of aromatic carboxylic acids is 1. The van der Waals surface area contributed by atoms with E-state index in [1.807, 2.05) is 0 Å². The average Bonchev–Trinajstić information content (AvgIpc) is 3.03. The van der Waals surface area contributed by atoms with Gasteiger partial charge < -0.3 is 34.7 Å². The van der Waals surface area contributed by atoms with E-state index in [-0.39, 0.29) is 38.4 Å². The van der Waals surface area contributed by atoms with Crippen LogP contribution in [0.1, 0.15) is 10.4 Å². The number of rotatable bonds is 11. The molecule has 0 aliphatic carbocycles. The van der Waals surface area contributed by atoms with Gasteiger partial charge in [0.25, 0.3) is 11.8 Å². The van der Waals surface area contributed by atoms with Gasteiger partial charge in [-0.3, -0.25) is 18.9 Å². The third kappa shape index (κ3) is 7.65. The standard InChI is InChI=1S/C28H28FN5O10S3/c29-19-12-17-20(13-21(19)32-8-6-30-7-9-32)33(14-18(24(17)36)27(38)39)10-11-43-28(45)46-26-23(25(37)34(26)47(40,41)42)31-22(35)15-44-16-4-2-1-3-5-16/h1-5,12-14,23,26,30H,6-11,15H2,(H,31,35)(H,38,39)(H,40,41,42). The highest BCUT2D eigenvalue weighted by molar-refractivity contribution is 8.23. The minimum atomic E-state index is -5.02. The number of carbonyl (C=O) groups is 3. The normalized spacial score (nSPS) is 18.0. The highest BCUT2D eigenvalue weighted by Gasteiger charge is 2.55. The Kier molecular flexibility index (Phi) is 10.3. The summed E-state index contributed by atoms with van der Waals surface area (Å²) in [6.07, 6.45) is 1.11. The third-order valence-corrected chi connectivity index (χ3v) is 9.76. The average molecular weight is 710 g/mol. The molecule has 3 aromatic rings. The van der Waals surface area contributed by atoms with Crippen molar-refractivity contribution in [2.75, 3.05) is 44.3 Å². The Bertz CT molecular complexity index is 1890. The number of carboxylic acid groups (broad SMARTS) is 1. The zero-order valence-corrected chi connectivity index (χ0v) is 26.8. The molecule has 2 saturated heterocycles. The van der Waals surface area contributed by atoms with E-state index < -0.39 is 62.9 Å². The van der Waals surface area contributed by atoms with Crippen molar-refractivity contribution in [1.29, 1.82) is 0 Å². The first-order valence-corrected chi connectivity index (χ1v) is 16.7. The Balaban J connectivity index is 1.28. The lowest BCUT2D eigenvalue weighted by Gasteiger charge is -2.43. The van der Waals surface area contributed by atoms with Crippen LogP contribution in [0.25, 0.3) is 10.9 Å². The van der Waals surface area contributed by atoms with Crippen LogP contribution >= 0.6 is 24.0 Å². The number of hydrogen-bond acceptors (Lipinski definition) is 12. The molecule has 2 aromatic carbocycles. The van der Waals surface area contributed by atoms with Crippen LogP contribution in [0.4, 0.5) is 10.1 Å². The fraction of sp³-hybridized carbons (Fsp3) is 0.321. The van der Waals surface area contributed by atoms with E-state index in [2.05, 4.69) is 10.6 Å². The van der Waals surface area contributed by atoms with E-state index in [1.165, 1.54) is 10.6 Å². The first kappa shape index (κ1) is 34.0. The lowest BCUT2D eigenvalue weighted by Crippen LogP contribution is -2.71. The SMILES string of the molecule is O=C(COc1ccccc1)NC1C(=O)N(S(=O)(=O)O)C1SC(=S)OCCn1cc(C(=O)O)c(=O)c2cc(F)c(N3CCNCC3)cc21. The van der Waals surface area contributed by atoms with E-state index in [1.54, 1.807) is 35.2 Å². The third-order valence-electron chi connectivity index (χ3n) is 7.28. The number of carbonyl (C=O) groups excluding carboxylic acids is 2. The second-order valence-electron chi connectivity index (χ2n) is 10.3. The molecule has 2 atom stereocenters. The number of β-lactam (4-membered cyclic amide) rings is 1. The summed E-state index contributed by atoms with van der Waals surface area (Å²) < 4.78 is 60.6. The number of benzene rings is 2. The topological polar surface area (TPSA) is 197 Å². The van der Waals surface area contributed by atoms with Gasteiger partial charge in [-0.25, -0.2) is 9.18 Å². The number of halogens is 1. The van der Waals surface area contributed by atoms with Gasteiger partial charge >= 0.3 is 16.3 Å². The van der Waals surface area contributed by atoms with Crippen LogP contribution in [0.3, 0.4) is 0 Å². The fourth-order valence-electron chi connectivity index (χ4n) is 5.06. The first-order chi connectivity index (χ1) is 22.3. The molecule has 0 spiro atoms. The number of anilines is 1. The molecule has 3 heterocycles. The van der Waals surface area contributed by atoms with Crippen LogP contribution in [0.15, 0.2) is 53.5 Å². The van der Waals surface area contributed by atoms with Gasteiger partial charge in [-0.1, -0.05) is 18.2 Å². The quantitative estimate of drug-likeness (QED) is 0.124. The van der Waals surface area contributed by atoms with Gasteiger partial charge in [-0.15, -0.1) is 0 Å². The molecule has 0 saturated carbocycles. The predicted molar refractivity (Wildman–Crippen MR) is 172 cm³/mol. The first-order valence-electron chi connectivity index (χ1n) is 14.0. The summed E-state index contributed by atoms with van der Waals surface area (Å²) in [5, 5.41) is 13.6. The number of thioether (sulfide) groups is 1. The highest BCUT2D eigenvalue weighted by Crippen LogP contribution is 2.34. The predicted octanol–water partition coefficient (Wildman–Crippen LogP) is 0.818. The summed E-state index contributed by atoms with van der Waals surface area (Å²) in [5.41, 5.74) is -0.955. The van der Waals surface area contributed by atoms with Crippen molar-refractivity contribution >= 4 is 73.0 Å². The van der Waals surface area contributed by atoms with Gasteiger partial charge in [0.2, 0.25) is 9.81 Å². The number of thiocarbonyl (C=S) groups is 1. The maximum Gasteiger partial charge on any atom is 0.363 e. The fourth-order valence-corrected chi connectivity index (χ4v) is 7.49. The van der Waals surface area contributed by atoms with Crippen LogP contribution in [-0.2, 0) is 31.2 Å². The van der Waals surface area contributed by atoms with Crippen molar-refractivity contribution in [3.05, 3.63) is 70.3 Å². The summed E-state index contributed by atoms with van der Waals surface area (Å²) in [6, 6.07) is 9.43. The van der Waals surface area contributed by atoms with Crippen molar-refractivity contribution in [3.63, 3.8) is 0 Å². The number of para-hydroxylation sites is 1. The molecular formula is C28H28FN5O10S3. The molecule has 2 aliphatic rings. The van der Waals surface area contributed by atoms with Crippen LogP contribution in [-0.4, -0.2) is 99.9 Å². The Morgan fingerprint density at radius 3 is 2.51 bits per heavy atom. The van der Waals surface area contributed by atoms with Crippen molar-refractivity contribution in [2.24, 2.45) is 0 Å². The van der Waals surface area contributed by atoms with Crippen molar-refractivity contribution in [2.45, 2.75) is 18.0 Å². The van der Waals surface area contributed by atoms with Gasteiger partial charge in [0.1, 0.15) is 35.2 Å².